The number of para-hydroxylation sites is 2. The van der Waals surface area contributed by atoms with Crippen LogP contribution in [0.3, 0.4) is 0 Å². The first-order valence-electron chi connectivity index (χ1n) is 11.0. The molecule has 4 rings (SSSR count). The normalized spacial score (nSPS) is 10.7. The molecule has 1 aromatic heterocycles. The van der Waals surface area contributed by atoms with Gasteiger partial charge in [-0.2, -0.15) is 0 Å². The van der Waals surface area contributed by atoms with E-state index in [-0.39, 0.29) is 43.9 Å². The van der Waals surface area contributed by atoms with Gasteiger partial charge in [0.25, 0.3) is 11.8 Å². The third kappa shape index (κ3) is 6.10. The summed E-state index contributed by atoms with van der Waals surface area (Å²) in [5.41, 5.74) is 7.87. The van der Waals surface area contributed by atoms with Crippen molar-refractivity contribution < 1.29 is 28.6 Å². The van der Waals surface area contributed by atoms with Crippen molar-refractivity contribution in [3.05, 3.63) is 84.1 Å². The molecule has 0 saturated heterocycles. The van der Waals surface area contributed by atoms with Gasteiger partial charge in [0.15, 0.2) is 5.76 Å². The Morgan fingerprint density at radius 1 is 0.886 bits per heavy atom. The minimum Gasteiger partial charge on any atom is -0.492 e. The van der Waals surface area contributed by atoms with Crippen LogP contribution in [-0.4, -0.2) is 43.3 Å². The van der Waals surface area contributed by atoms with Crippen LogP contribution in [0.5, 0.6) is 11.5 Å². The van der Waals surface area contributed by atoms with Gasteiger partial charge in [0.2, 0.25) is 0 Å². The fourth-order valence-electron chi connectivity index (χ4n) is 3.31. The molecule has 4 aromatic rings. The predicted octanol–water partition coefficient (Wildman–Crippen LogP) is 3.45. The van der Waals surface area contributed by atoms with E-state index in [9.17, 15) is 9.59 Å². The Morgan fingerprint density at radius 3 is 2.40 bits per heavy atom. The fraction of sp³-hybridized carbons (Fsp3) is 0.154. The zero-order valence-electron chi connectivity index (χ0n) is 18.8. The first kappa shape index (κ1) is 23.7. The van der Waals surface area contributed by atoms with E-state index in [1.807, 2.05) is 0 Å². The summed E-state index contributed by atoms with van der Waals surface area (Å²) in [6.45, 7) is 0.584. The molecule has 3 aromatic carbocycles. The number of amides is 2. The fourth-order valence-corrected chi connectivity index (χ4v) is 3.31. The zero-order valence-corrected chi connectivity index (χ0v) is 18.8. The highest BCUT2D eigenvalue weighted by Gasteiger charge is 2.13. The van der Waals surface area contributed by atoms with Crippen LogP contribution in [0.25, 0.3) is 11.0 Å². The van der Waals surface area contributed by atoms with E-state index in [1.165, 1.54) is 0 Å². The summed E-state index contributed by atoms with van der Waals surface area (Å²) in [5, 5.41) is 15.1. The number of aliphatic hydroxyl groups excluding tert-OH is 1. The second kappa shape index (κ2) is 11.1. The van der Waals surface area contributed by atoms with Crippen LogP contribution in [0.1, 0.15) is 20.9 Å². The number of hydrogen-bond donors (Lipinski definition) is 4. The standard InChI is InChI=1S/C26H25N3O6/c27-21-3-1-2-4-22(21)29-25(31)17-5-8-19(9-6-17)33-13-11-28-26(32)24-15-18-7-10-20(34-14-12-30)16-23(18)35-24/h1-10,15-16,30H,11-14,27H2,(H,28,32)(H,29,31). The molecular weight excluding hydrogens is 450 g/mol. The molecule has 5 N–H and O–H groups in total. The maximum atomic E-state index is 12.4. The van der Waals surface area contributed by atoms with Crippen LogP contribution < -0.4 is 25.8 Å². The molecule has 0 aliphatic carbocycles. The Morgan fingerprint density at radius 2 is 1.63 bits per heavy atom. The van der Waals surface area contributed by atoms with Crippen LogP contribution in [0, 0.1) is 0 Å². The lowest BCUT2D eigenvalue weighted by Gasteiger charge is -2.09. The maximum Gasteiger partial charge on any atom is 0.287 e. The first-order chi connectivity index (χ1) is 17.0. The van der Waals surface area contributed by atoms with Crippen molar-refractivity contribution in [1.29, 1.82) is 0 Å². The third-order valence-electron chi connectivity index (χ3n) is 5.06. The van der Waals surface area contributed by atoms with Crippen molar-refractivity contribution >= 4 is 34.2 Å². The summed E-state index contributed by atoms with van der Waals surface area (Å²) in [4.78, 5) is 24.8. The van der Waals surface area contributed by atoms with E-state index in [0.29, 0.717) is 34.0 Å². The van der Waals surface area contributed by atoms with Gasteiger partial charge in [0.05, 0.1) is 24.5 Å². The smallest absolute Gasteiger partial charge is 0.287 e. The molecule has 1 heterocycles. The number of nitrogen functional groups attached to an aromatic ring is 1. The van der Waals surface area contributed by atoms with E-state index in [1.54, 1.807) is 72.8 Å². The quantitative estimate of drug-likeness (QED) is 0.204. The average molecular weight is 476 g/mol. The Labute approximate surface area is 201 Å². The van der Waals surface area contributed by atoms with Crippen molar-refractivity contribution in [3.8, 4) is 11.5 Å². The largest absolute Gasteiger partial charge is 0.492 e. The van der Waals surface area contributed by atoms with E-state index >= 15 is 0 Å². The SMILES string of the molecule is Nc1ccccc1NC(=O)c1ccc(OCCNC(=O)c2cc3ccc(OCCO)cc3o2)cc1. The van der Waals surface area contributed by atoms with E-state index in [0.717, 1.165) is 5.39 Å². The predicted molar refractivity (Wildman–Crippen MR) is 132 cm³/mol. The summed E-state index contributed by atoms with van der Waals surface area (Å²) in [7, 11) is 0. The van der Waals surface area contributed by atoms with Gasteiger partial charge >= 0.3 is 0 Å². The highest BCUT2D eigenvalue weighted by Crippen LogP contribution is 2.24. The van der Waals surface area contributed by atoms with Gasteiger partial charge in [0.1, 0.15) is 30.3 Å². The van der Waals surface area contributed by atoms with Crippen LogP contribution in [0.15, 0.2) is 77.2 Å². The minimum absolute atomic E-state index is 0.0881. The van der Waals surface area contributed by atoms with E-state index in [4.69, 9.17) is 24.7 Å². The number of anilines is 2. The highest BCUT2D eigenvalue weighted by molar-refractivity contribution is 6.05. The van der Waals surface area contributed by atoms with Crippen LogP contribution >= 0.6 is 0 Å². The molecule has 0 aliphatic heterocycles. The molecule has 0 atom stereocenters. The van der Waals surface area contributed by atoms with E-state index < -0.39 is 0 Å². The van der Waals surface area contributed by atoms with Crippen molar-refractivity contribution in [2.45, 2.75) is 0 Å². The van der Waals surface area contributed by atoms with Gasteiger partial charge < -0.3 is 35.4 Å². The number of fused-ring (bicyclic) bond motifs is 1. The first-order valence-corrected chi connectivity index (χ1v) is 11.0. The van der Waals surface area contributed by atoms with Gasteiger partial charge in [-0.25, -0.2) is 0 Å². The number of ether oxygens (including phenoxy) is 2. The number of hydrogen-bond acceptors (Lipinski definition) is 7. The number of aliphatic hydroxyl groups is 1. The van der Waals surface area contributed by atoms with Crippen molar-refractivity contribution in [2.24, 2.45) is 0 Å². The minimum atomic E-state index is -0.366. The van der Waals surface area contributed by atoms with Gasteiger partial charge in [-0.15, -0.1) is 0 Å². The topological polar surface area (TPSA) is 136 Å². The lowest BCUT2D eigenvalue weighted by molar-refractivity contribution is 0.0920. The summed E-state index contributed by atoms with van der Waals surface area (Å²) in [6.07, 6.45) is 0. The zero-order chi connectivity index (χ0) is 24.6. The number of carbonyl (C=O) groups excluding carboxylic acids is 2. The second-order valence-electron chi connectivity index (χ2n) is 7.55. The highest BCUT2D eigenvalue weighted by atomic mass is 16.5. The summed E-state index contributed by atoms with van der Waals surface area (Å²) in [6, 6.07) is 20.5. The molecule has 0 saturated carbocycles. The molecule has 180 valence electrons. The summed E-state index contributed by atoms with van der Waals surface area (Å²) < 4.78 is 16.6. The van der Waals surface area contributed by atoms with Gasteiger partial charge in [-0.3, -0.25) is 9.59 Å². The Hall–Kier alpha value is -4.50. The molecular formula is C26H25N3O6. The Bertz CT molecular complexity index is 1320. The molecule has 0 aliphatic rings. The molecule has 9 nitrogen and oxygen atoms in total. The van der Waals surface area contributed by atoms with Crippen LogP contribution in [0.4, 0.5) is 11.4 Å². The van der Waals surface area contributed by atoms with Crippen molar-refractivity contribution in [1.82, 2.24) is 5.32 Å². The van der Waals surface area contributed by atoms with Crippen LogP contribution in [-0.2, 0) is 0 Å². The molecule has 0 bridgehead atoms. The number of furan rings is 1. The average Bonchev–Trinajstić information content (AvgIpc) is 3.30. The monoisotopic (exact) mass is 475 g/mol. The maximum absolute atomic E-state index is 12.4. The molecule has 0 unspecified atom stereocenters. The summed E-state index contributed by atoms with van der Waals surface area (Å²) in [5.74, 6) is 0.645. The molecule has 0 radical (unpaired) electrons. The van der Waals surface area contributed by atoms with Crippen LogP contribution in [0.2, 0.25) is 0 Å². The Balaban J connectivity index is 1.24. The van der Waals surface area contributed by atoms with Gasteiger partial charge in [-0.05, 0) is 54.6 Å². The third-order valence-corrected chi connectivity index (χ3v) is 5.06. The number of benzene rings is 3. The molecule has 0 spiro atoms. The number of nitrogens with one attached hydrogen (secondary N) is 2. The lowest BCUT2D eigenvalue weighted by Crippen LogP contribution is -2.27. The number of carbonyl (C=O) groups is 2. The number of rotatable bonds is 10. The van der Waals surface area contributed by atoms with Crippen molar-refractivity contribution in [2.75, 3.05) is 37.4 Å². The molecule has 2 amide bonds. The van der Waals surface area contributed by atoms with E-state index in [2.05, 4.69) is 10.6 Å². The number of nitrogens with two attached hydrogens (primary N) is 1. The molecule has 9 heteroatoms. The van der Waals surface area contributed by atoms with Crippen molar-refractivity contribution in [3.63, 3.8) is 0 Å². The summed E-state index contributed by atoms with van der Waals surface area (Å²) >= 11 is 0. The molecule has 35 heavy (non-hydrogen) atoms. The second-order valence-corrected chi connectivity index (χ2v) is 7.55. The lowest BCUT2D eigenvalue weighted by atomic mass is 10.2. The van der Waals surface area contributed by atoms with Gasteiger partial charge in [-0.1, -0.05) is 12.1 Å². The molecule has 0 fully saturated rings. The Kier molecular flexibility index (Phi) is 7.49. The van der Waals surface area contributed by atoms with Gasteiger partial charge in [0, 0.05) is 17.0 Å².